The molecule has 0 saturated heterocycles. The van der Waals surface area contributed by atoms with Crippen LogP contribution >= 0.6 is 0 Å². The molecule has 6 nitrogen and oxygen atoms in total. The Kier molecular flexibility index (Phi) is 5.51. The molecule has 1 heterocycles. The third kappa shape index (κ3) is 4.59. The van der Waals surface area contributed by atoms with Crippen molar-refractivity contribution in [3.05, 3.63) is 42.0 Å². The van der Waals surface area contributed by atoms with Crippen LogP contribution in [0.1, 0.15) is 37.7 Å². The number of rotatable bonds is 7. The Balaban J connectivity index is 1.44. The van der Waals surface area contributed by atoms with Gasteiger partial charge in [-0.3, -0.25) is 4.79 Å². The molecular formula is C17H22FN5O. The zero-order valence-electron chi connectivity index (χ0n) is 13.6. The minimum atomic E-state index is -0.211. The summed E-state index contributed by atoms with van der Waals surface area (Å²) in [5.41, 5.74) is 1.13. The molecule has 1 aliphatic rings. The van der Waals surface area contributed by atoms with E-state index in [0.717, 1.165) is 31.2 Å². The average molecular weight is 331 g/mol. The summed E-state index contributed by atoms with van der Waals surface area (Å²) in [5.74, 6) is 0.301. The highest BCUT2D eigenvalue weighted by Crippen LogP contribution is 2.29. The summed E-state index contributed by atoms with van der Waals surface area (Å²) >= 11 is 0. The van der Waals surface area contributed by atoms with Crippen molar-refractivity contribution in [3.8, 4) is 0 Å². The van der Waals surface area contributed by atoms with Crippen molar-refractivity contribution in [1.82, 2.24) is 25.5 Å². The molecule has 1 fully saturated rings. The van der Waals surface area contributed by atoms with Gasteiger partial charge in [-0.2, -0.15) is 0 Å². The van der Waals surface area contributed by atoms with Gasteiger partial charge in [-0.25, -0.2) is 9.07 Å². The third-order valence-electron chi connectivity index (χ3n) is 4.60. The van der Waals surface area contributed by atoms with Crippen molar-refractivity contribution < 1.29 is 9.18 Å². The van der Waals surface area contributed by atoms with Gasteiger partial charge in [-0.1, -0.05) is 18.6 Å². The highest BCUT2D eigenvalue weighted by molar-refractivity contribution is 5.76. The van der Waals surface area contributed by atoms with E-state index >= 15 is 0 Å². The van der Waals surface area contributed by atoms with E-state index < -0.39 is 0 Å². The molecule has 0 radical (unpaired) electrons. The Bertz CT molecular complexity index is 644. The van der Waals surface area contributed by atoms with Gasteiger partial charge in [0.1, 0.15) is 12.1 Å². The Labute approximate surface area is 140 Å². The molecule has 2 aromatic rings. The lowest BCUT2D eigenvalue weighted by Crippen LogP contribution is -2.38. The van der Waals surface area contributed by atoms with E-state index in [-0.39, 0.29) is 17.8 Å². The number of amides is 1. The Morgan fingerprint density at radius 2 is 2.12 bits per heavy atom. The van der Waals surface area contributed by atoms with E-state index in [9.17, 15) is 9.18 Å². The number of tetrazole rings is 1. The van der Waals surface area contributed by atoms with Crippen LogP contribution in [0.4, 0.5) is 4.39 Å². The predicted octanol–water partition coefficient (Wildman–Crippen LogP) is 2.12. The number of nitrogens with one attached hydrogen (secondary N) is 1. The molecule has 0 unspecified atom stereocenters. The molecule has 3 rings (SSSR count). The molecule has 1 aliphatic carbocycles. The first-order valence-corrected chi connectivity index (χ1v) is 8.45. The summed E-state index contributed by atoms with van der Waals surface area (Å²) in [6, 6.07) is 6.88. The normalized spacial score (nSPS) is 20.2. The second-order valence-electron chi connectivity index (χ2n) is 6.37. The number of hydrogen-bond acceptors (Lipinski definition) is 4. The van der Waals surface area contributed by atoms with Crippen LogP contribution < -0.4 is 5.32 Å². The second kappa shape index (κ2) is 7.99. The number of aromatic nitrogens is 4. The van der Waals surface area contributed by atoms with Gasteiger partial charge < -0.3 is 5.32 Å². The van der Waals surface area contributed by atoms with Crippen LogP contribution in [0.15, 0.2) is 30.6 Å². The SMILES string of the molecule is O=C(CCCn1cnnn1)N[C@H]1CCC[C@H]1Cc1ccc(F)cc1. The van der Waals surface area contributed by atoms with Crippen LogP contribution in [0.25, 0.3) is 0 Å². The minimum Gasteiger partial charge on any atom is -0.353 e. The van der Waals surface area contributed by atoms with Crippen LogP contribution in [0, 0.1) is 11.7 Å². The monoisotopic (exact) mass is 331 g/mol. The number of carbonyl (C=O) groups is 1. The summed E-state index contributed by atoms with van der Waals surface area (Å²) < 4.78 is 14.6. The van der Waals surface area contributed by atoms with Gasteiger partial charge in [0, 0.05) is 19.0 Å². The van der Waals surface area contributed by atoms with Crippen molar-refractivity contribution in [3.63, 3.8) is 0 Å². The molecular weight excluding hydrogens is 309 g/mol. The van der Waals surface area contributed by atoms with Crippen LogP contribution in [-0.4, -0.2) is 32.2 Å². The van der Waals surface area contributed by atoms with Gasteiger partial charge in [0.05, 0.1) is 0 Å². The van der Waals surface area contributed by atoms with Gasteiger partial charge in [-0.15, -0.1) is 5.10 Å². The molecule has 1 amide bonds. The van der Waals surface area contributed by atoms with Crippen molar-refractivity contribution >= 4 is 5.91 Å². The molecule has 128 valence electrons. The molecule has 1 aromatic carbocycles. The zero-order valence-corrected chi connectivity index (χ0v) is 13.6. The molecule has 0 spiro atoms. The molecule has 2 atom stereocenters. The van der Waals surface area contributed by atoms with Gasteiger partial charge in [0.2, 0.25) is 5.91 Å². The number of halogens is 1. The summed E-state index contributed by atoms with van der Waals surface area (Å²) in [6.07, 6.45) is 6.87. The molecule has 7 heteroatoms. The van der Waals surface area contributed by atoms with Crippen LogP contribution in [0.5, 0.6) is 0 Å². The van der Waals surface area contributed by atoms with E-state index in [1.807, 2.05) is 12.1 Å². The number of benzene rings is 1. The van der Waals surface area contributed by atoms with Crippen LogP contribution in [-0.2, 0) is 17.8 Å². The maximum atomic E-state index is 13.0. The van der Waals surface area contributed by atoms with E-state index in [0.29, 0.717) is 25.3 Å². The Hall–Kier alpha value is -2.31. The highest BCUT2D eigenvalue weighted by atomic mass is 19.1. The quantitative estimate of drug-likeness (QED) is 0.843. The van der Waals surface area contributed by atoms with Crippen LogP contribution in [0.2, 0.25) is 0 Å². The molecule has 0 aliphatic heterocycles. The summed E-state index contributed by atoms with van der Waals surface area (Å²) in [5, 5.41) is 14.1. The standard InChI is InChI=1S/C17H22FN5O/c18-15-8-6-13(7-9-15)11-14-3-1-4-16(14)20-17(24)5-2-10-23-12-19-21-22-23/h6-9,12,14,16H,1-5,10-11H2,(H,20,24)/t14-,16-/m0/s1. The summed E-state index contributed by atoms with van der Waals surface area (Å²) in [6.45, 7) is 0.643. The smallest absolute Gasteiger partial charge is 0.220 e. The lowest BCUT2D eigenvalue weighted by molar-refractivity contribution is -0.122. The Morgan fingerprint density at radius 1 is 1.29 bits per heavy atom. The molecule has 1 saturated carbocycles. The molecule has 0 bridgehead atoms. The zero-order chi connectivity index (χ0) is 16.8. The summed E-state index contributed by atoms with van der Waals surface area (Å²) in [4.78, 5) is 12.1. The first-order chi connectivity index (χ1) is 11.7. The number of aryl methyl sites for hydroxylation is 1. The fraction of sp³-hybridized carbons (Fsp3) is 0.529. The fourth-order valence-corrected chi connectivity index (χ4v) is 3.36. The van der Waals surface area contributed by atoms with Crippen molar-refractivity contribution in [2.24, 2.45) is 5.92 Å². The maximum Gasteiger partial charge on any atom is 0.220 e. The topological polar surface area (TPSA) is 72.7 Å². The van der Waals surface area contributed by atoms with Gasteiger partial charge in [0.25, 0.3) is 0 Å². The van der Waals surface area contributed by atoms with E-state index in [4.69, 9.17) is 0 Å². The van der Waals surface area contributed by atoms with Gasteiger partial charge in [0.15, 0.2) is 0 Å². The number of nitrogens with zero attached hydrogens (tertiary/aromatic N) is 4. The molecule has 1 N–H and O–H groups in total. The minimum absolute atomic E-state index is 0.0825. The highest BCUT2D eigenvalue weighted by Gasteiger charge is 2.28. The van der Waals surface area contributed by atoms with Crippen molar-refractivity contribution in [2.75, 3.05) is 0 Å². The first-order valence-electron chi connectivity index (χ1n) is 8.45. The Morgan fingerprint density at radius 3 is 2.88 bits per heavy atom. The second-order valence-corrected chi connectivity index (χ2v) is 6.37. The van der Waals surface area contributed by atoms with Crippen molar-refractivity contribution in [2.45, 2.75) is 51.1 Å². The van der Waals surface area contributed by atoms with E-state index in [1.165, 1.54) is 12.1 Å². The number of hydrogen-bond donors (Lipinski definition) is 1. The van der Waals surface area contributed by atoms with Crippen LogP contribution in [0.3, 0.4) is 0 Å². The van der Waals surface area contributed by atoms with Gasteiger partial charge in [-0.05, 0) is 59.7 Å². The summed E-state index contributed by atoms with van der Waals surface area (Å²) in [7, 11) is 0. The number of carbonyl (C=O) groups excluding carboxylic acids is 1. The lowest BCUT2D eigenvalue weighted by Gasteiger charge is -2.21. The predicted molar refractivity (Wildman–Crippen MR) is 86.4 cm³/mol. The first kappa shape index (κ1) is 16.5. The lowest BCUT2D eigenvalue weighted by atomic mass is 9.94. The molecule has 24 heavy (non-hydrogen) atoms. The van der Waals surface area contributed by atoms with E-state index in [1.54, 1.807) is 11.0 Å². The largest absolute Gasteiger partial charge is 0.353 e. The van der Waals surface area contributed by atoms with E-state index in [2.05, 4.69) is 20.8 Å². The van der Waals surface area contributed by atoms with Crippen molar-refractivity contribution in [1.29, 1.82) is 0 Å². The fourth-order valence-electron chi connectivity index (χ4n) is 3.36. The van der Waals surface area contributed by atoms with Gasteiger partial charge >= 0.3 is 0 Å². The maximum absolute atomic E-state index is 13.0. The third-order valence-corrected chi connectivity index (χ3v) is 4.60. The average Bonchev–Trinajstić information content (AvgIpc) is 3.22. The molecule has 1 aromatic heterocycles.